The largest absolute Gasteiger partial charge is 0.495 e. The summed E-state index contributed by atoms with van der Waals surface area (Å²) in [5.41, 5.74) is 1.10. The average molecular weight is 282 g/mol. The molecular weight excluding hydrogens is 270 g/mol. The fourth-order valence-corrected chi connectivity index (χ4v) is 1.58. The third kappa shape index (κ3) is 2.97. The zero-order chi connectivity index (χ0) is 12.1. The van der Waals surface area contributed by atoms with Gasteiger partial charge in [0.05, 0.1) is 29.2 Å². The van der Waals surface area contributed by atoms with Crippen molar-refractivity contribution in [2.45, 2.75) is 0 Å². The number of ether oxygens (including phenoxy) is 1. The summed E-state index contributed by atoms with van der Waals surface area (Å²) in [6, 6.07) is 5.51. The molecule has 1 aromatic carbocycles. The monoisotopic (exact) mass is 281 g/mol. The van der Waals surface area contributed by atoms with Gasteiger partial charge in [0.15, 0.2) is 0 Å². The lowest BCUT2D eigenvalue weighted by Gasteiger charge is -2.07. The van der Waals surface area contributed by atoms with Crippen LogP contribution in [0.1, 0.15) is 5.56 Å². The van der Waals surface area contributed by atoms with Gasteiger partial charge in [0.2, 0.25) is 0 Å². The van der Waals surface area contributed by atoms with E-state index in [0.29, 0.717) is 17.0 Å². The fraction of sp³-hybridized carbons (Fsp3) is 0.273. The predicted octanol–water partition coefficient (Wildman–Crippen LogP) is 2.55. The second kappa shape index (κ2) is 5.52. The molecule has 0 unspecified atom stereocenters. The summed E-state index contributed by atoms with van der Waals surface area (Å²) in [6.45, 7) is 0. The highest BCUT2D eigenvalue weighted by atomic mass is 79.9. The highest BCUT2D eigenvalue weighted by Gasteiger charge is 2.07. The predicted molar refractivity (Wildman–Crippen MR) is 67.2 cm³/mol. The van der Waals surface area contributed by atoms with Gasteiger partial charge in [-0.05, 0) is 22.0 Å². The lowest BCUT2D eigenvalue weighted by molar-refractivity contribution is 0.412. The molecule has 0 aliphatic heterocycles. The summed E-state index contributed by atoms with van der Waals surface area (Å²) in [5, 5.41) is 8.97. The molecule has 84 valence electrons. The number of methoxy groups -OCH3 is 1. The van der Waals surface area contributed by atoms with E-state index in [1.54, 1.807) is 30.5 Å². The SMILES string of the molecule is COc1cc(/N=C/N(C)C)c(C#N)cc1Br. The number of hydrogen-bond acceptors (Lipinski definition) is 3. The summed E-state index contributed by atoms with van der Waals surface area (Å²) < 4.78 is 5.89. The molecule has 0 radical (unpaired) electrons. The summed E-state index contributed by atoms with van der Waals surface area (Å²) in [6.07, 6.45) is 1.64. The molecule has 5 heteroatoms. The maximum Gasteiger partial charge on any atom is 0.135 e. The third-order valence-electron chi connectivity index (χ3n) is 1.82. The van der Waals surface area contributed by atoms with Crippen molar-refractivity contribution < 1.29 is 4.74 Å². The zero-order valence-electron chi connectivity index (χ0n) is 9.36. The fourth-order valence-electron chi connectivity index (χ4n) is 1.07. The maximum atomic E-state index is 8.97. The summed E-state index contributed by atoms with van der Waals surface area (Å²) in [7, 11) is 5.31. The topological polar surface area (TPSA) is 48.6 Å². The highest BCUT2D eigenvalue weighted by molar-refractivity contribution is 9.10. The molecule has 0 heterocycles. The van der Waals surface area contributed by atoms with Crippen LogP contribution in [0.15, 0.2) is 21.6 Å². The minimum Gasteiger partial charge on any atom is -0.495 e. The molecule has 0 N–H and O–H groups in total. The number of aliphatic imine (C=N–C) groups is 1. The van der Waals surface area contributed by atoms with Gasteiger partial charge in [-0.25, -0.2) is 4.99 Å². The van der Waals surface area contributed by atoms with Gasteiger partial charge in [-0.15, -0.1) is 0 Å². The maximum absolute atomic E-state index is 8.97. The van der Waals surface area contributed by atoms with Crippen LogP contribution in [0, 0.1) is 11.3 Å². The first-order valence-corrected chi connectivity index (χ1v) is 5.36. The van der Waals surface area contributed by atoms with Crippen LogP contribution < -0.4 is 4.74 Å². The number of nitrogens with zero attached hydrogens (tertiary/aromatic N) is 3. The standard InChI is InChI=1S/C11H12BrN3O/c1-15(2)7-14-10-5-11(16-3)9(12)4-8(10)6-13/h4-5,7H,1-3H3/b14-7+. The molecule has 0 atom stereocenters. The van der Waals surface area contributed by atoms with Crippen LogP contribution in [0.5, 0.6) is 5.75 Å². The van der Waals surface area contributed by atoms with Gasteiger partial charge in [0, 0.05) is 20.2 Å². The van der Waals surface area contributed by atoms with Gasteiger partial charge < -0.3 is 9.64 Å². The van der Waals surface area contributed by atoms with Crippen LogP contribution in [0.3, 0.4) is 0 Å². The van der Waals surface area contributed by atoms with Crippen LogP contribution in [0.2, 0.25) is 0 Å². The van der Waals surface area contributed by atoms with Gasteiger partial charge in [-0.1, -0.05) is 0 Å². The molecule has 0 aromatic heterocycles. The minimum absolute atomic E-state index is 0.505. The minimum atomic E-state index is 0.505. The van der Waals surface area contributed by atoms with E-state index in [9.17, 15) is 0 Å². The van der Waals surface area contributed by atoms with Crippen molar-refractivity contribution in [1.29, 1.82) is 5.26 Å². The Hall–Kier alpha value is -1.54. The van der Waals surface area contributed by atoms with Crippen LogP contribution in [0.25, 0.3) is 0 Å². The van der Waals surface area contributed by atoms with Crippen molar-refractivity contribution in [3.05, 3.63) is 22.2 Å². The van der Waals surface area contributed by atoms with E-state index < -0.39 is 0 Å². The lowest BCUT2D eigenvalue weighted by atomic mass is 10.2. The molecule has 0 aliphatic rings. The average Bonchev–Trinajstić information content (AvgIpc) is 2.26. The molecule has 16 heavy (non-hydrogen) atoms. The highest BCUT2D eigenvalue weighted by Crippen LogP contribution is 2.32. The van der Waals surface area contributed by atoms with E-state index >= 15 is 0 Å². The quantitative estimate of drug-likeness (QED) is 0.632. The van der Waals surface area contributed by atoms with E-state index in [-0.39, 0.29) is 0 Å². The molecule has 1 rings (SSSR count). The molecule has 0 fully saturated rings. The van der Waals surface area contributed by atoms with Crippen molar-refractivity contribution in [1.82, 2.24) is 4.90 Å². The lowest BCUT2D eigenvalue weighted by Crippen LogP contribution is -2.07. The molecule has 0 amide bonds. The van der Waals surface area contributed by atoms with Crippen molar-refractivity contribution in [2.24, 2.45) is 4.99 Å². The second-order valence-corrected chi connectivity index (χ2v) is 4.18. The van der Waals surface area contributed by atoms with Gasteiger partial charge in [0.1, 0.15) is 11.8 Å². The van der Waals surface area contributed by atoms with E-state index in [1.807, 2.05) is 14.1 Å². The molecule has 1 aromatic rings. The van der Waals surface area contributed by atoms with Gasteiger partial charge in [0.25, 0.3) is 0 Å². The first kappa shape index (κ1) is 12.5. The first-order valence-electron chi connectivity index (χ1n) is 4.56. The van der Waals surface area contributed by atoms with E-state index in [1.165, 1.54) is 0 Å². The summed E-state index contributed by atoms with van der Waals surface area (Å²) in [5.74, 6) is 0.657. The Labute approximate surface area is 103 Å². The van der Waals surface area contributed by atoms with E-state index in [0.717, 1.165) is 4.47 Å². The van der Waals surface area contributed by atoms with Crippen molar-refractivity contribution in [3.8, 4) is 11.8 Å². The Bertz CT molecular complexity index is 449. The van der Waals surface area contributed by atoms with Crippen molar-refractivity contribution in [3.63, 3.8) is 0 Å². The van der Waals surface area contributed by atoms with E-state index in [4.69, 9.17) is 10.00 Å². The van der Waals surface area contributed by atoms with E-state index in [2.05, 4.69) is 27.0 Å². The molecule has 0 bridgehead atoms. The Morgan fingerprint density at radius 3 is 2.69 bits per heavy atom. The van der Waals surface area contributed by atoms with Gasteiger partial charge in [-0.2, -0.15) is 5.26 Å². The Balaban J connectivity index is 3.21. The zero-order valence-corrected chi connectivity index (χ0v) is 10.9. The number of hydrogen-bond donors (Lipinski definition) is 0. The van der Waals surface area contributed by atoms with Crippen LogP contribution in [-0.2, 0) is 0 Å². The Morgan fingerprint density at radius 1 is 1.50 bits per heavy atom. The van der Waals surface area contributed by atoms with Gasteiger partial charge in [-0.3, -0.25) is 0 Å². The number of rotatable bonds is 3. The van der Waals surface area contributed by atoms with Crippen LogP contribution in [0.4, 0.5) is 5.69 Å². The Kier molecular flexibility index (Phi) is 4.32. The van der Waals surface area contributed by atoms with Crippen LogP contribution >= 0.6 is 15.9 Å². The number of benzene rings is 1. The molecule has 0 saturated carbocycles. The molecular formula is C11H12BrN3O. The molecule has 0 aliphatic carbocycles. The molecule has 4 nitrogen and oxygen atoms in total. The third-order valence-corrected chi connectivity index (χ3v) is 2.44. The normalized spacial score (nSPS) is 10.2. The summed E-state index contributed by atoms with van der Waals surface area (Å²) >= 11 is 3.32. The summed E-state index contributed by atoms with van der Waals surface area (Å²) in [4.78, 5) is 6.01. The smallest absolute Gasteiger partial charge is 0.135 e. The van der Waals surface area contributed by atoms with Gasteiger partial charge >= 0.3 is 0 Å². The molecule has 0 spiro atoms. The molecule has 0 saturated heterocycles. The Morgan fingerprint density at radius 2 is 2.19 bits per heavy atom. The van der Waals surface area contributed by atoms with Crippen molar-refractivity contribution in [2.75, 3.05) is 21.2 Å². The number of halogens is 1. The van der Waals surface area contributed by atoms with Crippen LogP contribution in [-0.4, -0.2) is 32.4 Å². The number of nitriles is 1. The second-order valence-electron chi connectivity index (χ2n) is 3.32. The van der Waals surface area contributed by atoms with Crippen molar-refractivity contribution >= 4 is 28.0 Å². The first-order chi connectivity index (χ1) is 7.58.